The van der Waals surface area contributed by atoms with Crippen molar-refractivity contribution < 1.29 is 23.1 Å². The summed E-state index contributed by atoms with van der Waals surface area (Å²) in [6, 6.07) is 12.5. The minimum atomic E-state index is -0.903. The lowest BCUT2D eigenvalue weighted by molar-refractivity contribution is 0.102. The molecule has 142 valence electrons. The number of pyridine rings is 1. The van der Waals surface area contributed by atoms with Crippen molar-refractivity contribution in [1.29, 1.82) is 0 Å². The standard InChI is InChI=1S/C20H15F2N3O3/c1-28-14-7-5-13(6-8-14)24-20(27)17-11-12(9-10-23-17)19(26)25-18-15(21)3-2-4-16(18)22/h2-11H,1H3,(H,24,27)(H,25,26). The number of benzene rings is 2. The lowest BCUT2D eigenvalue weighted by Gasteiger charge is -2.09. The Bertz CT molecular complexity index is 1000. The van der Waals surface area contributed by atoms with Gasteiger partial charge in [-0.05, 0) is 48.5 Å². The Morgan fingerprint density at radius 2 is 1.61 bits per heavy atom. The van der Waals surface area contributed by atoms with Crippen molar-refractivity contribution in [2.24, 2.45) is 0 Å². The second-order valence-electron chi connectivity index (χ2n) is 5.66. The van der Waals surface area contributed by atoms with Gasteiger partial charge in [0.25, 0.3) is 11.8 Å². The molecular weight excluding hydrogens is 368 g/mol. The topological polar surface area (TPSA) is 80.3 Å². The molecule has 2 amide bonds. The second kappa shape index (κ2) is 8.26. The molecule has 2 aromatic carbocycles. The molecule has 0 bridgehead atoms. The average Bonchev–Trinajstić information content (AvgIpc) is 2.71. The van der Waals surface area contributed by atoms with Gasteiger partial charge in [-0.25, -0.2) is 8.78 Å². The van der Waals surface area contributed by atoms with Crippen LogP contribution in [-0.4, -0.2) is 23.9 Å². The van der Waals surface area contributed by atoms with Gasteiger partial charge in [-0.3, -0.25) is 14.6 Å². The zero-order chi connectivity index (χ0) is 20.1. The molecule has 8 heteroatoms. The number of ether oxygens (including phenoxy) is 1. The van der Waals surface area contributed by atoms with Crippen LogP contribution in [0.1, 0.15) is 20.8 Å². The number of carbonyl (C=O) groups excluding carboxylic acids is 2. The van der Waals surface area contributed by atoms with E-state index in [2.05, 4.69) is 15.6 Å². The molecule has 6 nitrogen and oxygen atoms in total. The molecule has 0 fully saturated rings. The number of halogens is 2. The fraction of sp³-hybridized carbons (Fsp3) is 0.0500. The number of amides is 2. The molecule has 0 unspecified atom stereocenters. The van der Waals surface area contributed by atoms with Crippen LogP contribution in [0.2, 0.25) is 0 Å². The number of hydrogen-bond donors (Lipinski definition) is 2. The van der Waals surface area contributed by atoms with E-state index in [1.807, 2.05) is 0 Å². The molecule has 0 atom stereocenters. The third kappa shape index (κ3) is 4.29. The van der Waals surface area contributed by atoms with E-state index in [-0.39, 0.29) is 11.3 Å². The van der Waals surface area contributed by atoms with Gasteiger partial charge >= 0.3 is 0 Å². The molecule has 2 N–H and O–H groups in total. The molecule has 0 aliphatic carbocycles. The Kier molecular flexibility index (Phi) is 5.59. The quantitative estimate of drug-likeness (QED) is 0.701. The minimum Gasteiger partial charge on any atom is -0.497 e. The van der Waals surface area contributed by atoms with Crippen molar-refractivity contribution in [1.82, 2.24) is 4.98 Å². The summed E-state index contributed by atoms with van der Waals surface area (Å²) in [4.78, 5) is 28.6. The largest absolute Gasteiger partial charge is 0.497 e. The summed E-state index contributed by atoms with van der Waals surface area (Å²) in [5.74, 6) is -2.49. The molecule has 0 saturated carbocycles. The van der Waals surface area contributed by atoms with E-state index in [1.54, 1.807) is 24.3 Å². The maximum absolute atomic E-state index is 13.7. The van der Waals surface area contributed by atoms with Crippen LogP contribution in [0.25, 0.3) is 0 Å². The van der Waals surface area contributed by atoms with Crippen LogP contribution < -0.4 is 15.4 Å². The Labute approximate surface area is 159 Å². The monoisotopic (exact) mass is 383 g/mol. The highest BCUT2D eigenvalue weighted by atomic mass is 19.1. The first-order chi connectivity index (χ1) is 13.5. The highest BCUT2D eigenvalue weighted by molar-refractivity contribution is 6.07. The number of nitrogens with zero attached hydrogens (tertiary/aromatic N) is 1. The fourth-order valence-corrected chi connectivity index (χ4v) is 2.37. The van der Waals surface area contributed by atoms with E-state index < -0.39 is 29.1 Å². The Morgan fingerprint density at radius 3 is 2.25 bits per heavy atom. The van der Waals surface area contributed by atoms with Crippen molar-refractivity contribution in [2.75, 3.05) is 17.7 Å². The summed E-state index contributed by atoms with van der Waals surface area (Å²) >= 11 is 0. The number of carbonyl (C=O) groups is 2. The van der Waals surface area contributed by atoms with E-state index in [0.717, 1.165) is 12.1 Å². The van der Waals surface area contributed by atoms with Gasteiger partial charge in [-0.1, -0.05) is 6.07 Å². The number of aromatic nitrogens is 1. The second-order valence-corrected chi connectivity index (χ2v) is 5.66. The summed E-state index contributed by atoms with van der Waals surface area (Å²) in [7, 11) is 1.53. The van der Waals surface area contributed by atoms with Crippen LogP contribution in [0.15, 0.2) is 60.8 Å². The number of para-hydroxylation sites is 1. The summed E-state index contributed by atoms with van der Waals surface area (Å²) < 4.78 is 32.4. The summed E-state index contributed by atoms with van der Waals surface area (Å²) in [6.45, 7) is 0. The van der Waals surface area contributed by atoms with Crippen LogP contribution in [0.5, 0.6) is 5.75 Å². The minimum absolute atomic E-state index is 0.0255. The lowest BCUT2D eigenvalue weighted by atomic mass is 10.2. The number of hydrogen-bond acceptors (Lipinski definition) is 4. The van der Waals surface area contributed by atoms with Crippen LogP contribution in [-0.2, 0) is 0 Å². The van der Waals surface area contributed by atoms with Gasteiger partial charge in [0.05, 0.1) is 7.11 Å². The van der Waals surface area contributed by atoms with Crippen molar-refractivity contribution in [2.45, 2.75) is 0 Å². The third-order valence-electron chi connectivity index (χ3n) is 3.80. The van der Waals surface area contributed by atoms with Crippen LogP contribution in [0.4, 0.5) is 20.2 Å². The Balaban J connectivity index is 1.75. The normalized spacial score (nSPS) is 10.2. The number of nitrogens with one attached hydrogen (secondary N) is 2. The number of methoxy groups -OCH3 is 1. The molecular formula is C20H15F2N3O3. The third-order valence-corrected chi connectivity index (χ3v) is 3.80. The van der Waals surface area contributed by atoms with Crippen LogP contribution in [0, 0.1) is 11.6 Å². The molecule has 28 heavy (non-hydrogen) atoms. The first-order valence-corrected chi connectivity index (χ1v) is 8.15. The molecule has 0 saturated heterocycles. The van der Waals surface area contributed by atoms with Crippen molar-refractivity contribution in [3.8, 4) is 5.75 Å². The molecule has 3 aromatic rings. The number of rotatable bonds is 5. The maximum atomic E-state index is 13.7. The smallest absolute Gasteiger partial charge is 0.274 e. The Morgan fingerprint density at radius 1 is 0.929 bits per heavy atom. The highest BCUT2D eigenvalue weighted by Gasteiger charge is 2.16. The van der Waals surface area contributed by atoms with Crippen molar-refractivity contribution in [3.63, 3.8) is 0 Å². The Hall–Kier alpha value is -3.81. The van der Waals surface area contributed by atoms with Crippen molar-refractivity contribution in [3.05, 3.63) is 83.7 Å². The van der Waals surface area contributed by atoms with Gasteiger partial charge in [0.15, 0.2) is 0 Å². The van der Waals surface area contributed by atoms with Crippen molar-refractivity contribution >= 4 is 23.2 Å². The SMILES string of the molecule is COc1ccc(NC(=O)c2cc(C(=O)Nc3c(F)cccc3F)ccn2)cc1. The van der Waals surface area contributed by atoms with E-state index in [0.29, 0.717) is 11.4 Å². The van der Waals surface area contributed by atoms with Gasteiger partial charge in [-0.15, -0.1) is 0 Å². The maximum Gasteiger partial charge on any atom is 0.274 e. The van der Waals surface area contributed by atoms with E-state index in [9.17, 15) is 18.4 Å². The molecule has 0 radical (unpaired) electrons. The van der Waals surface area contributed by atoms with Crippen LogP contribution >= 0.6 is 0 Å². The van der Waals surface area contributed by atoms with Gasteiger partial charge < -0.3 is 15.4 Å². The zero-order valence-electron chi connectivity index (χ0n) is 14.7. The molecule has 1 heterocycles. The van der Waals surface area contributed by atoms with E-state index in [1.165, 1.54) is 31.5 Å². The molecule has 1 aromatic heterocycles. The van der Waals surface area contributed by atoms with E-state index in [4.69, 9.17) is 4.74 Å². The fourth-order valence-electron chi connectivity index (χ4n) is 2.37. The predicted octanol–water partition coefficient (Wildman–Crippen LogP) is 3.87. The zero-order valence-corrected chi connectivity index (χ0v) is 14.7. The average molecular weight is 383 g/mol. The molecule has 3 rings (SSSR count). The van der Waals surface area contributed by atoms with E-state index >= 15 is 0 Å². The summed E-state index contributed by atoms with van der Waals surface area (Å²) in [6.07, 6.45) is 1.26. The van der Waals surface area contributed by atoms with Crippen LogP contribution in [0.3, 0.4) is 0 Å². The predicted molar refractivity (Wildman–Crippen MR) is 99.5 cm³/mol. The number of anilines is 2. The first-order valence-electron chi connectivity index (χ1n) is 8.15. The van der Waals surface area contributed by atoms with Gasteiger partial charge in [0.2, 0.25) is 0 Å². The first kappa shape index (κ1) is 19.0. The lowest BCUT2D eigenvalue weighted by Crippen LogP contribution is -2.17. The summed E-state index contributed by atoms with van der Waals surface area (Å²) in [5, 5.41) is 4.80. The summed E-state index contributed by atoms with van der Waals surface area (Å²) in [5.41, 5.74) is -0.0561. The molecule has 0 spiro atoms. The molecule has 0 aliphatic rings. The molecule has 0 aliphatic heterocycles. The van der Waals surface area contributed by atoms with Gasteiger partial charge in [0.1, 0.15) is 28.8 Å². The highest BCUT2D eigenvalue weighted by Crippen LogP contribution is 2.19. The van der Waals surface area contributed by atoms with Gasteiger partial charge in [0, 0.05) is 17.4 Å². The van der Waals surface area contributed by atoms with Gasteiger partial charge in [-0.2, -0.15) is 0 Å².